The molecular formula is C12H15NO2S2. The monoisotopic (exact) mass is 269 g/mol. The van der Waals surface area contributed by atoms with Crippen LogP contribution in [0, 0.1) is 0 Å². The zero-order chi connectivity index (χ0) is 13.1. The van der Waals surface area contributed by atoms with E-state index < -0.39 is 10.7 Å². The van der Waals surface area contributed by atoms with Gasteiger partial charge >= 0.3 is 5.97 Å². The van der Waals surface area contributed by atoms with Crippen LogP contribution in [-0.2, 0) is 10.5 Å². The van der Waals surface area contributed by atoms with Gasteiger partial charge in [0.05, 0.1) is 0 Å². The lowest BCUT2D eigenvalue weighted by atomic mass is 10.1. The molecule has 0 spiro atoms. The number of hydrogen-bond acceptors (Lipinski definition) is 3. The minimum Gasteiger partial charge on any atom is -0.480 e. The smallest absolute Gasteiger partial charge is 0.319 e. The van der Waals surface area contributed by atoms with E-state index in [0.29, 0.717) is 10.7 Å². The number of nitrogens with two attached hydrogens (primary N) is 1. The first kappa shape index (κ1) is 14.0. The van der Waals surface area contributed by atoms with Gasteiger partial charge in [0.25, 0.3) is 0 Å². The van der Waals surface area contributed by atoms with Crippen molar-refractivity contribution in [2.24, 2.45) is 5.73 Å². The van der Waals surface area contributed by atoms with Crippen LogP contribution in [-0.4, -0.2) is 20.8 Å². The summed E-state index contributed by atoms with van der Waals surface area (Å²) in [6.07, 6.45) is 0. The van der Waals surface area contributed by atoms with Crippen molar-refractivity contribution < 1.29 is 9.90 Å². The first-order valence-corrected chi connectivity index (χ1v) is 6.48. The van der Waals surface area contributed by atoms with E-state index >= 15 is 0 Å². The van der Waals surface area contributed by atoms with E-state index in [4.69, 9.17) is 23.1 Å². The highest BCUT2D eigenvalue weighted by Crippen LogP contribution is 2.28. The number of hydrogen-bond donors (Lipinski definition) is 2. The number of carbonyl (C=O) groups is 1. The van der Waals surface area contributed by atoms with Crippen LogP contribution in [0.2, 0.25) is 0 Å². The fraction of sp³-hybridized carbons (Fsp3) is 0.333. The fourth-order valence-corrected chi connectivity index (χ4v) is 2.07. The van der Waals surface area contributed by atoms with E-state index in [-0.39, 0.29) is 0 Å². The molecule has 0 aliphatic heterocycles. The molecule has 0 heterocycles. The topological polar surface area (TPSA) is 63.3 Å². The van der Waals surface area contributed by atoms with Crippen LogP contribution in [0.5, 0.6) is 0 Å². The second kappa shape index (κ2) is 5.51. The molecule has 0 amide bonds. The molecular weight excluding hydrogens is 254 g/mol. The summed E-state index contributed by atoms with van der Waals surface area (Å²) in [4.78, 5) is 11.3. The third-order valence-electron chi connectivity index (χ3n) is 2.35. The van der Waals surface area contributed by atoms with Gasteiger partial charge in [-0.15, -0.1) is 11.8 Å². The van der Waals surface area contributed by atoms with Crippen LogP contribution < -0.4 is 5.73 Å². The Kier molecular flexibility index (Phi) is 4.54. The fourth-order valence-electron chi connectivity index (χ4n) is 1.09. The Bertz CT molecular complexity index is 427. The second-order valence-electron chi connectivity index (χ2n) is 4.17. The Morgan fingerprint density at radius 3 is 2.35 bits per heavy atom. The van der Waals surface area contributed by atoms with Crippen molar-refractivity contribution in [3.8, 4) is 0 Å². The average Bonchev–Trinajstić information content (AvgIpc) is 2.27. The van der Waals surface area contributed by atoms with E-state index in [9.17, 15) is 4.79 Å². The van der Waals surface area contributed by atoms with Crippen LogP contribution in [0.3, 0.4) is 0 Å². The molecule has 1 aromatic rings. The van der Waals surface area contributed by atoms with E-state index in [1.165, 1.54) is 11.8 Å². The number of thioether (sulfide) groups is 1. The number of carboxylic acids is 1. The Labute approximate surface area is 110 Å². The lowest BCUT2D eigenvalue weighted by Gasteiger charge is -2.18. The molecule has 3 nitrogen and oxygen atoms in total. The van der Waals surface area contributed by atoms with Gasteiger partial charge in [0.15, 0.2) is 0 Å². The van der Waals surface area contributed by atoms with E-state index in [2.05, 4.69) is 0 Å². The number of carboxylic acid groups (broad SMARTS) is 1. The third kappa shape index (κ3) is 4.02. The molecule has 5 heteroatoms. The molecule has 0 aromatic heterocycles. The maximum absolute atomic E-state index is 10.9. The van der Waals surface area contributed by atoms with E-state index in [0.717, 1.165) is 11.1 Å². The van der Waals surface area contributed by atoms with Gasteiger partial charge in [-0.05, 0) is 19.4 Å². The summed E-state index contributed by atoms with van der Waals surface area (Å²) in [7, 11) is 0. The summed E-state index contributed by atoms with van der Waals surface area (Å²) < 4.78 is -0.776. The molecule has 0 fully saturated rings. The highest BCUT2D eigenvalue weighted by molar-refractivity contribution is 8.00. The number of rotatable bonds is 5. The van der Waals surface area contributed by atoms with E-state index in [1.54, 1.807) is 13.8 Å². The third-order valence-corrected chi connectivity index (χ3v) is 3.96. The predicted molar refractivity (Wildman–Crippen MR) is 75.3 cm³/mol. The molecule has 0 bridgehead atoms. The highest BCUT2D eigenvalue weighted by Gasteiger charge is 2.27. The van der Waals surface area contributed by atoms with Crippen molar-refractivity contribution in [1.29, 1.82) is 0 Å². The van der Waals surface area contributed by atoms with Crippen molar-refractivity contribution in [2.75, 3.05) is 0 Å². The number of benzene rings is 1. The van der Waals surface area contributed by atoms with Crippen LogP contribution >= 0.6 is 24.0 Å². The molecule has 0 saturated heterocycles. The molecule has 1 rings (SSSR count). The first-order chi connectivity index (χ1) is 7.83. The zero-order valence-corrected chi connectivity index (χ0v) is 11.4. The van der Waals surface area contributed by atoms with Gasteiger partial charge in [0, 0.05) is 11.3 Å². The maximum Gasteiger partial charge on any atom is 0.319 e. The lowest BCUT2D eigenvalue weighted by molar-refractivity contribution is -0.138. The van der Waals surface area contributed by atoms with Gasteiger partial charge in [0.2, 0.25) is 0 Å². The highest BCUT2D eigenvalue weighted by atomic mass is 32.2. The molecule has 92 valence electrons. The summed E-state index contributed by atoms with van der Waals surface area (Å²) in [6.45, 7) is 3.40. The van der Waals surface area contributed by atoms with Crippen LogP contribution in [0.1, 0.15) is 25.0 Å². The van der Waals surface area contributed by atoms with E-state index in [1.807, 2.05) is 24.3 Å². The Balaban J connectivity index is 2.65. The molecule has 0 saturated carbocycles. The van der Waals surface area contributed by atoms with Crippen LogP contribution in [0.15, 0.2) is 24.3 Å². The largest absolute Gasteiger partial charge is 0.480 e. The SMILES string of the molecule is CC(C)(SCc1ccc(C(N)=S)cc1)C(=O)O. The van der Waals surface area contributed by atoms with Crippen molar-refractivity contribution in [2.45, 2.75) is 24.3 Å². The molecule has 0 aliphatic rings. The first-order valence-electron chi connectivity index (χ1n) is 5.09. The summed E-state index contributed by atoms with van der Waals surface area (Å²) in [5.74, 6) is -0.154. The summed E-state index contributed by atoms with van der Waals surface area (Å²) >= 11 is 6.25. The number of thiocarbonyl (C=S) groups is 1. The minimum atomic E-state index is -0.803. The second-order valence-corrected chi connectivity index (χ2v) is 6.20. The Hall–Kier alpha value is -1.07. The molecule has 0 unspecified atom stereocenters. The molecule has 0 aliphatic carbocycles. The summed E-state index contributed by atoms with van der Waals surface area (Å²) in [5.41, 5.74) is 7.38. The average molecular weight is 269 g/mol. The van der Waals surface area contributed by atoms with Crippen molar-refractivity contribution >= 4 is 34.9 Å². The van der Waals surface area contributed by atoms with Gasteiger partial charge < -0.3 is 10.8 Å². The minimum absolute atomic E-state index is 0.370. The van der Waals surface area contributed by atoms with Crippen molar-refractivity contribution in [1.82, 2.24) is 0 Å². The maximum atomic E-state index is 10.9. The molecule has 0 atom stereocenters. The van der Waals surface area contributed by atoms with Gasteiger partial charge in [-0.25, -0.2) is 0 Å². The summed E-state index contributed by atoms with van der Waals surface area (Å²) in [6, 6.07) is 7.54. The van der Waals surface area contributed by atoms with Crippen molar-refractivity contribution in [3.05, 3.63) is 35.4 Å². The lowest BCUT2D eigenvalue weighted by Crippen LogP contribution is -2.27. The predicted octanol–water partition coefficient (Wildman–Crippen LogP) is 2.42. The van der Waals surface area contributed by atoms with Crippen LogP contribution in [0.25, 0.3) is 0 Å². The van der Waals surface area contributed by atoms with Gasteiger partial charge in [-0.3, -0.25) is 4.79 Å². The quantitative estimate of drug-likeness (QED) is 0.804. The molecule has 3 N–H and O–H groups in total. The Morgan fingerprint density at radius 1 is 1.41 bits per heavy atom. The molecule has 17 heavy (non-hydrogen) atoms. The zero-order valence-electron chi connectivity index (χ0n) is 9.77. The van der Waals surface area contributed by atoms with Crippen LogP contribution in [0.4, 0.5) is 0 Å². The normalized spacial score (nSPS) is 11.2. The molecule has 1 aromatic carbocycles. The van der Waals surface area contributed by atoms with Crippen molar-refractivity contribution in [3.63, 3.8) is 0 Å². The molecule has 0 radical (unpaired) electrons. The standard InChI is InChI=1S/C12H15NO2S2/c1-12(2,11(14)15)17-7-8-3-5-9(6-4-8)10(13)16/h3-6H,7H2,1-2H3,(H2,13,16)(H,14,15). The van der Waals surface area contributed by atoms with Gasteiger partial charge in [0.1, 0.15) is 9.74 Å². The Morgan fingerprint density at radius 2 is 1.94 bits per heavy atom. The summed E-state index contributed by atoms with van der Waals surface area (Å²) in [5, 5.41) is 8.98. The van der Waals surface area contributed by atoms with Gasteiger partial charge in [-0.2, -0.15) is 0 Å². The van der Waals surface area contributed by atoms with Gasteiger partial charge in [-0.1, -0.05) is 36.5 Å². The number of aliphatic carboxylic acids is 1.